The maximum absolute atomic E-state index is 12.2. The second-order valence-corrected chi connectivity index (χ2v) is 6.77. The maximum Gasteiger partial charge on any atom is 0.238 e. The molecule has 0 saturated carbocycles. The summed E-state index contributed by atoms with van der Waals surface area (Å²) >= 11 is 10.9. The number of rotatable bonds is 8. The molecule has 2 aromatic carbocycles. The molecular weight excluding hydrogens is 398 g/mol. The standard InChI is InChI=1S/C20H22ClN3O3S/c1-2-13-27-17-9-3-14(4-10-17)18(25)11-12-19(26)23-24-20(28)22-16-7-5-15(21)6-8-16/h3-10H,2,11-13H2,1H3,(H,23,26)(H2,22,24,28). The van der Waals surface area contributed by atoms with Crippen LogP contribution in [0.15, 0.2) is 48.5 Å². The highest BCUT2D eigenvalue weighted by molar-refractivity contribution is 7.80. The van der Waals surface area contributed by atoms with Gasteiger partial charge in [0.15, 0.2) is 10.9 Å². The Balaban J connectivity index is 1.70. The summed E-state index contributed by atoms with van der Waals surface area (Å²) in [6, 6.07) is 13.9. The molecular formula is C20H22ClN3O3S. The number of carbonyl (C=O) groups is 2. The first-order chi connectivity index (χ1) is 13.5. The van der Waals surface area contributed by atoms with Crippen LogP contribution in [0.3, 0.4) is 0 Å². The van der Waals surface area contributed by atoms with Crippen LogP contribution in [0.4, 0.5) is 5.69 Å². The Bertz CT molecular complexity index is 810. The lowest BCUT2D eigenvalue weighted by Crippen LogP contribution is -2.43. The van der Waals surface area contributed by atoms with Crippen molar-refractivity contribution in [2.75, 3.05) is 11.9 Å². The second kappa shape index (κ2) is 11.3. The van der Waals surface area contributed by atoms with E-state index >= 15 is 0 Å². The van der Waals surface area contributed by atoms with Crippen LogP contribution in [-0.2, 0) is 4.79 Å². The third kappa shape index (κ3) is 7.54. The molecule has 0 aliphatic heterocycles. The molecule has 3 N–H and O–H groups in total. The number of hydrogen-bond donors (Lipinski definition) is 3. The molecule has 0 fully saturated rings. The Morgan fingerprint density at radius 3 is 2.32 bits per heavy atom. The van der Waals surface area contributed by atoms with Crippen LogP contribution in [0.5, 0.6) is 5.75 Å². The van der Waals surface area contributed by atoms with Gasteiger partial charge in [-0.2, -0.15) is 0 Å². The molecule has 1 amide bonds. The Labute approximate surface area is 174 Å². The predicted octanol–water partition coefficient (Wildman–Crippen LogP) is 4.11. The van der Waals surface area contributed by atoms with E-state index in [1.54, 1.807) is 48.5 Å². The summed E-state index contributed by atoms with van der Waals surface area (Å²) in [5, 5.41) is 3.75. The normalized spacial score (nSPS) is 10.1. The van der Waals surface area contributed by atoms with Gasteiger partial charge in [0.1, 0.15) is 5.75 Å². The molecule has 0 heterocycles. The molecule has 28 heavy (non-hydrogen) atoms. The van der Waals surface area contributed by atoms with Crippen LogP contribution < -0.4 is 20.9 Å². The monoisotopic (exact) mass is 419 g/mol. The summed E-state index contributed by atoms with van der Waals surface area (Å²) in [4.78, 5) is 24.1. The molecule has 0 atom stereocenters. The van der Waals surface area contributed by atoms with Crippen molar-refractivity contribution in [2.24, 2.45) is 0 Å². The average Bonchev–Trinajstić information content (AvgIpc) is 2.71. The fourth-order valence-electron chi connectivity index (χ4n) is 2.21. The number of hydrogen-bond acceptors (Lipinski definition) is 4. The van der Waals surface area contributed by atoms with E-state index in [9.17, 15) is 9.59 Å². The van der Waals surface area contributed by atoms with Crippen LogP contribution in [-0.4, -0.2) is 23.4 Å². The molecule has 0 radical (unpaired) electrons. The van der Waals surface area contributed by atoms with Gasteiger partial charge in [-0.3, -0.25) is 20.4 Å². The number of thiocarbonyl (C=S) groups is 1. The van der Waals surface area contributed by atoms with E-state index in [0.29, 0.717) is 17.2 Å². The second-order valence-electron chi connectivity index (χ2n) is 5.93. The van der Waals surface area contributed by atoms with Gasteiger partial charge in [-0.1, -0.05) is 18.5 Å². The molecule has 0 aliphatic rings. The van der Waals surface area contributed by atoms with Crippen molar-refractivity contribution in [3.05, 3.63) is 59.1 Å². The van der Waals surface area contributed by atoms with Crippen molar-refractivity contribution in [1.29, 1.82) is 0 Å². The lowest BCUT2D eigenvalue weighted by Gasteiger charge is -2.11. The summed E-state index contributed by atoms with van der Waals surface area (Å²) in [5.41, 5.74) is 6.34. The SMILES string of the molecule is CCCOc1ccc(C(=O)CCC(=O)NNC(=S)Nc2ccc(Cl)cc2)cc1. The molecule has 148 valence electrons. The minimum Gasteiger partial charge on any atom is -0.494 e. The van der Waals surface area contributed by atoms with E-state index in [0.717, 1.165) is 17.9 Å². The largest absolute Gasteiger partial charge is 0.494 e. The van der Waals surface area contributed by atoms with Crippen molar-refractivity contribution in [2.45, 2.75) is 26.2 Å². The smallest absolute Gasteiger partial charge is 0.238 e. The number of halogens is 1. The van der Waals surface area contributed by atoms with Gasteiger partial charge in [0.05, 0.1) is 6.61 Å². The van der Waals surface area contributed by atoms with E-state index in [1.165, 1.54) is 0 Å². The Morgan fingerprint density at radius 1 is 1.00 bits per heavy atom. The number of ether oxygens (including phenoxy) is 1. The number of hydrazine groups is 1. The van der Waals surface area contributed by atoms with Gasteiger partial charge in [-0.05, 0) is 67.2 Å². The van der Waals surface area contributed by atoms with Gasteiger partial charge in [-0.25, -0.2) is 0 Å². The molecule has 0 spiro atoms. The first-order valence-electron chi connectivity index (χ1n) is 8.85. The Hall–Kier alpha value is -2.64. The quantitative estimate of drug-likeness (QED) is 0.339. The average molecular weight is 420 g/mol. The van der Waals surface area contributed by atoms with Gasteiger partial charge in [0.25, 0.3) is 0 Å². The van der Waals surface area contributed by atoms with Crippen molar-refractivity contribution in [1.82, 2.24) is 10.9 Å². The van der Waals surface area contributed by atoms with E-state index in [1.807, 2.05) is 6.92 Å². The zero-order valence-electron chi connectivity index (χ0n) is 15.5. The molecule has 0 aromatic heterocycles. The van der Waals surface area contributed by atoms with E-state index in [2.05, 4.69) is 16.2 Å². The number of amides is 1. The number of benzene rings is 2. The van der Waals surface area contributed by atoms with Crippen LogP contribution in [0.2, 0.25) is 5.02 Å². The number of nitrogens with one attached hydrogen (secondary N) is 3. The lowest BCUT2D eigenvalue weighted by molar-refractivity contribution is -0.121. The summed E-state index contributed by atoms with van der Waals surface area (Å²) < 4.78 is 5.48. The first kappa shape index (κ1) is 21.7. The van der Waals surface area contributed by atoms with Crippen molar-refractivity contribution in [3.63, 3.8) is 0 Å². The van der Waals surface area contributed by atoms with Crippen molar-refractivity contribution < 1.29 is 14.3 Å². The molecule has 0 saturated heterocycles. The van der Waals surface area contributed by atoms with Crippen LogP contribution in [0, 0.1) is 0 Å². The first-order valence-corrected chi connectivity index (χ1v) is 9.64. The summed E-state index contributed by atoms with van der Waals surface area (Å²) in [6.45, 7) is 2.66. The van der Waals surface area contributed by atoms with Crippen LogP contribution >= 0.6 is 23.8 Å². The molecule has 0 unspecified atom stereocenters. The van der Waals surface area contributed by atoms with Gasteiger partial charge in [0.2, 0.25) is 5.91 Å². The maximum atomic E-state index is 12.2. The molecule has 6 nitrogen and oxygen atoms in total. The predicted molar refractivity (Wildman–Crippen MR) is 115 cm³/mol. The Morgan fingerprint density at radius 2 is 1.68 bits per heavy atom. The number of anilines is 1. The summed E-state index contributed by atoms with van der Waals surface area (Å²) in [5.74, 6) is 0.276. The number of ketones is 1. The van der Waals surface area contributed by atoms with Crippen molar-refractivity contribution in [3.8, 4) is 5.75 Å². The van der Waals surface area contributed by atoms with E-state index in [-0.39, 0.29) is 29.6 Å². The van der Waals surface area contributed by atoms with E-state index in [4.69, 9.17) is 28.6 Å². The number of carbonyl (C=O) groups excluding carboxylic acids is 2. The van der Waals surface area contributed by atoms with E-state index < -0.39 is 0 Å². The fourth-order valence-corrected chi connectivity index (χ4v) is 2.51. The highest BCUT2D eigenvalue weighted by atomic mass is 35.5. The third-order valence-corrected chi connectivity index (χ3v) is 4.10. The van der Waals surface area contributed by atoms with Crippen LogP contribution in [0.25, 0.3) is 0 Å². The summed E-state index contributed by atoms with van der Waals surface area (Å²) in [6.07, 6.45) is 1.06. The van der Waals surface area contributed by atoms with Gasteiger partial charge < -0.3 is 10.1 Å². The van der Waals surface area contributed by atoms with Gasteiger partial charge in [0, 0.05) is 29.1 Å². The number of Topliss-reactive ketones (excluding diaryl/α,β-unsaturated/α-hetero) is 1. The zero-order chi connectivity index (χ0) is 20.4. The molecule has 8 heteroatoms. The van der Waals surface area contributed by atoms with Crippen molar-refractivity contribution >= 4 is 46.3 Å². The zero-order valence-corrected chi connectivity index (χ0v) is 17.0. The third-order valence-electron chi connectivity index (χ3n) is 3.65. The fraction of sp³-hybridized carbons (Fsp3) is 0.250. The van der Waals surface area contributed by atoms with Gasteiger partial charge in [-0.15, -0.1) is 0 Å². The Kier molecular flexibility index (Phi) is 8.71. The molecule has 2 rings (SSSR count). The molecule has 0 bridgehead atoms. The minimum absolute atomic E-state index is 0.0451. The lowest BCUT2D eigenvalue weighted by atomic mass is 10.1. The van der Waals surface area contributed by atoms with Crippen LogP contribution in [0.1, 0.15) is 36.5 Å². The minimum atomic E-state index is -0.337. The topological polar surface area (TPSA) is 79.5 Å². The van der Waals surface area contributed by atoms with Gasteiger partial charge >= 0.3 is 0 Å². The summed E-state index contributed by atoms with van der Waals surface area (Å²) in [7, 11) is 0. The highest BCUT2D eigenvalue weighted by Crippen LogP contribution is 2.15. The highest BCUT2D eigenvalue weighted by Gasteiger charge is 2.10. The molecule has 0 aliphatic carbocycles. The molecule has 2 aromatic rings.